The Bertz CT molecular complexity index is 434. The van der Waals surface area contributed by atoms with Crippen molar-refractivity contribution in [1.82, 2.24) is 5.32 Å². The summed E-state index contributed by atoms with van der Waals surface area (Å²) in [5.41, 5.74) is 0.265. The first-order valence-corrected chi connectivity index (χ1v) is 7.23. The van der Waals surface area contributed by atoms with Crippen LogP contribution in [0.25, 0.3) is 0 Å². The van der Waals surface area contributed by atoms with Crippen molar-refractivity contribution in [3.63, 3.8) is 0 Å². The van der Waals surface area contributed by atoms with Gasteiger partial charge >= 0.3 is 0 Å². The molecule has 1 amide bonds. The smallest absolute Gasteiger partial charge is 0.224 e. The third-order valence-corrected chi connectivity index (χ3v) is 4.63. The molecule has 1 fully saturated rings. The van der Waals surface area contributed by atoms with Gasteiger partial charge in [-0.1, -0.05) is 40.0 Å². The van der Waals surface area contributed by atoms with Crippen LogP contribution in [-0.2, 0) is 11.2 Å². The molecular formula is C13H14BrClFNO. The van der Waals surface area contributed by atoms with E-state index >= 15 is 0 Å². The number of rotatable bonds is 3. The summed E-state index contributed by atoms with van der Waals surface area (Å²) in [6.07, 6.45) is 3.11. The number of carbonyl (C=O) groups excluding carboxylic acids is 1. The van der Waals surface area contributed by atoms with Crippen molar-refractivity contribution in [2.24, 2.45) is 0 Å². The molecule has 2 nitrogen and oxygen atoms in total. The fraction of sp³-hybridized carbons (Fsp3) is 0.462. The van der Waals surface area contributed by atoms with Gasteiger partial charge in [-0.3, -0.25) is 4.79 Å². The lowest BCUT2D eigenvalue weighted by Crippen LogP contribution is -2.38. The highest BCUT2D eigenvalue weighted by molar-refractivity contribution is 9.09. The molecule has 1 aromatic rings. The van der Waals surface area contributed by atoms with Crippen molar-refractivity contribution in [3.05, 3.63) is 34.6 Å². The zero-order chi connectivity index (χ0) is 13.1. The van der Waals surface area contributed by atoms with Gasteiger partial charge in [-0.2, -0.15) is 0 Å². The van der Waals surface area contributed by atoms with E-state index in [4.69, 9.17) is 11.6 Å². The van der Waals surface area contributed by atoms with Crippen LogP contribution in [0.1, 0.15) is 24.8 Å². The third-order valence-electron chi connectivity index (χ3n) is 3.18. The first-order valence-electron chi connectivity index (χ1n) is 5.94. The zero-order valence-corrected chi connectivity index (χ0v) is 12.1. The van der Waals surface area contributed by atoms with Gasteiger partial charge in [0.2, 0.25) is 5.91 Å². The SMILES string of the molecule is O=C(Cc1c(F)cccc1Cl)NC1CCCC1Br. The van der Waals surface area contributed by atoms with Gasteiger partial charge < -0.3 is 5.32 Å². The van der Waals surface area contributed by atoms with Gasteiger partial charge in [0.25, 0.3) is 0 Å². The van der Waals surface area contributed by atoms with Crippen LogP contribution in [-0.4, -0.2) is 16.8 Å². The molecule has 0 aliphatic heterocycles. The van der Waals surface area contributed by atoms with E-state index in [2.05, 4.69) is 21.2 Å². The maximum absolute atomic E-state index is 13.5. The Kier molecular flexibility index (Phi) is 4.62. The highest BCUT2D eigenvalue weighted by atomic mass is 79.9. The highest BCUT2D eigenvalue weighted by Gasteiger charge is 2.26. The molecule has 2 atom stereocenters. The number of hydrogen-bond acceptors (Lipinski definition) is 1. The summed E-state index contributed by atoms with van der Waals surface area (Å²) in [5.74, 6) is -0.613. The van der Waals surface area contributed by atoms with Crippen molar-refractivity contribution in [2.45, 2.75) is 36.6 Å². The third kappa shape index (κ3) is 3.23. The summed E-state index contributed by atoms with van der Waals surface area (Å²) >= 11 is 9.42. The summed E-state index contributed by atoms with van der Waals surface area (Å²) in [6, 6.07) is 4.58. The summed E-state index contributed by atoms with van der Waals surface area (Å²) < 4.78 is 13.5. The lowest BCUT2D eigenvalue weighted by molar-refractivity contribution is -0.121. The molecule has 0 heterocycles. The Morgan fingerprint density at radius 2 is 2.28 bits per heavy atom. The van der Waals surface area contributed by atoms with E-state index in [9.17, 15) is 9.18 Å². The Morgan fingerprint density at radius 1 is 1.50 bits per heavy atom. The van der Waals surface area contributed by atoms with E-state index in [1.54, 1.807) is 6.07 Å². The van der Waals surface area contributed by atoms with Gasteiger partial charge in [0.1, 0.15) is 5.82 Å². The number of hydrogen-bond donors (Lipinski definition) is 1. The summed E-state index contributed by atoms with van der Waals surface area (Å²) in [4.78, 5) is 12.2. The van der Waals surface area contributed by atoms with E-state index in [-0.39, 0.29) is 23.9 Å². The number of halogens is 3. The lowest BCUT2D eigenvalue weighted by atomic mass is 10.1. The second-order valence-corrected chi connectivity index (χ2v) is 6.08. The first kappa shape index (κ1) is 13.8. The quantitative estimate of drug-likeness (QED) is 0.843. The molecule has 0 bridgehead atoms. The Labute approximate surface area is 119 Å². The fourth-order valence-corrected chi connectivity index (χ4v) is 3.15. The molecule has 0 saturated heterocycles. The molecular weight excluding hydrogens is 321 g/mol. The molecule has 1 aliphatic carbocycles. The van der Waals surface area contributed by atoms with Crippen molar-refractivity contribution in [1.29, 1.82) is 0 Å². The standard InChI is InChI=1S/C13H14BrClFNO/c14-9-3-1-6-12(9)17-13(18)7-8-10(15)4-2-5-11(8)16/h2,4-5,9,12H,1,3,6-7H2,(H,17,18). The monoisotopic (exact) mass is 333 g/mol. The van der Waals surface area contributed by atoms with Gasteiger partial charge in [-0.25, -0.2) is 4.39 Å². The molecule has 2 unspecified atom stereocenters. The van der Waals surface area contributed by atoms with Crippen molar-refractivity contribution >= 4 is 33.4 Å². The van der Waals surface area contributed by atoms with Crippen LogP contribution in [0.2, 0.25) is 5.02 Å². The van der Waals surface area contributed by atoms with Crippen LogP contribution in [0.4, 0.5) is 4.39 Å². The van der Waals surface area contributed by atoms with E-state index in [1.165, 1.54) is 12.1 Å². The Balaban J connectivity index is 1.99. The highest BCUT2D eigenvalue weighted by Crippen LogP contribution is 2.26. The van der Waals surface area contributed by atoms with Gasteiger partial charge in [0, 0.05) is 21.5 Å². The minimum Gasteiger partial charge on any atom is -0.352 e. The minimum atomic E-state index is -0.431. The molecule has 1 N–H and O–H groups in total. The fourth-order valence-electron chi connectivity index (χ4n) is 2.20. The predicted octanol–water partition coefficient (Wildman–Crippen LogP) is 3.45. The molecule has 0 radical (unpaired) electrons. The predicted molar refractivity (Wildman–Crippen MR) is 73.6 cm³/mol. The summed E-state index contributed by atoms with van der Waals surface area (Å²) in [5, 5.41) is 3.22. The van der Waals surface area contributed by atoms with Gasteiger partial charge in [0.05, 0.1) is 6.42 Å². The Morgan fingerprint density at radius 3 is 2.89 bits per heavy atom. The minimum absolute atomic E-state index is 0.0122. The molecule has 98 valence electrons. The first-order chi connectivity index (χ1) is 8.58. The molecule has 18 heavy (non-hydrogen) atoms. The molecule has 1 saturated carbocycles. The van der Waals surface area contributed by atoms with Gasteiger partial charge in [-0.15, -0.1) is 0 Å². The van der Waals surface area contributed by atoms with Crippen LogP contribution >= 0.6 is 27.5 Å². The van der Waals surface area contributed by atoms with E-state index in [1.807, 2.05) is 0 Å². The maximum atomic E-state index is 13.5. The summed E-state index contributed by atoms with van der Waals surface area (Å²) in [6.45, 7) is 0. The molecule has 0 spiro atoms. The maximum Gasteiger partial charge on any atom is 0.224 e. The van der Waals surface area contributed by atoms with Crippen molar-refractivity contribution in [2.75, 3.05) is 0 Å². The van der Waals surface area contributed by atoms with E-state index in [0.717, 1.165) is 19.3 Å². The van der Waals surface area contributed by atoms with Crippen LogP contribution in [0.15, 0.2) is 18.2 Å². The van der Waals surface area contributed by atoms with Gasteiger partial charge in [0.15, 0.2) is 0 Å². The van der Waals surface area contributed by atoms with Gasteiger partial charge in [-0.05, 0) is 25.0 Å². The van der Waals surface area contributed by atoms with E-state index in [0.29, 0.717) is 9.85 Å². The van der Waals surface area contributed by atoms with Crippen LogP contribution in [0.3, 0.4) is 0 Å². The van der Waals surface area contributed by atoms with Crippen LogP contribution in [0.5, 0.6) is 0 Å². The Hall–Kier alpha value is -0.610. The number of carbonyl (C=O) groups is 1. The number of benzene rings is 1. The van der Waals surface area contributed by atoms with E-state index < -0.39 is 5.82 Å². The second kappa shape index (κ2) is 6.02. The number of nitrogens with one attached hydrogen (secondary N) is 1. The molecule has 1 aromatic carbocycles. The number of alkyl halides is 1. The average Bonchev–Trinajstić information content (AvgIpc) is 2.70. The van der Waals surface area contributed by atoms with Crippen LogP contribution in [0, 0.1) is 5.82 Å². The lowest BCUT2D eigenvalue weighted by Gasteiger charge is -2.16. The molecule has 5 heteroatoms. The second-order valence-electron chi connectivity index (χ2n) is 4.50. The van der Waals surface area contributed by atoms with Crippen molar-refractivity contribution in [3.8, 4) is 0 Å². The normalized spacial score (nSPS) is 23.1. The zero-order valence-electron chi connectivity index (χ0n) is 9.76. The summed E-state index contributed by atoms with van der Waals surface area (Å²) in [7, 11) is 0. The number of amides is 1. The average molecular weight is 335 g/mol. The topological polar surface area (TPSA) is 29.1 Å². The molecule has 0 aromatic heterocycles. The molecule has 1 aliphatic rings. The van der Waals surface area contributed by atoms with Crippen molar-refractivity contribution < 1.29 is 9.18 Å². The largest absolute Gasteiger partial charge is 0.352 e. The van der Waals surface area contributed by atoms with Crippen LogP contribution < -0.4 is 5.32 Å². The molecule has 2 rings (SSSR count).